The molecule has 2 heteroatoms. The van der Waals surface area contributed by atoms with Gasteiger partial charge in [-0.05, 0) is 73.1 Å². The molecule has 0 amide bonds. The minimum absolute atomic E-state index is 0.461. The summed E-state index contributed by atoms with van der Waals surface area (Å²) in [6.45, 7) is 9.35. The predicted octanol–water partition coefficient (Wildman–Crippen LogP) is 6.29. The number of hydrogen-bond donors (Lipinski definition) is 0. The molecule has 1 unspecified atom stereocenters. The highest BCUT2D eigenvalue weighted by Gasteiger charge is 2.32. The summed E-state index contributed by atoms with van der Waals surface area (Å²) in [5.41, 5.74) is 3.21. The Hall–Kier alpha value is -0.500. The monoisotopic (exact) mass is 352 g/mol. The van der Waals surface area contributed by atoms with Crippen molar-refractivity contribution in [3.63, 3.8) is 0 Å². The van der Waals surface area contributed by atoms with Gasteiger partial charge in [-0.25, -0.2) is 0 Å². The Morgan fingerprint density at radius 3 is 2.24 bits per heavy atom. The van der Waals surface area contributed by atoms with E-state index >= 15 is 0 Å². The first-order valence-corrected chi connectivity index (χ1v) is 9.03. The Morgan fingerprint density at radius 1 is 1.14 bits per heavy atom. The van der Waals surface area contributed by atoms with Gasteiger partial charge in [0, 0.05) is 4.83 Å². The van der Waals surface area contributed by atoms with E-state index in [0.717, 1.165) is 17.6 Å². The molecule has 0 saturated heterocycles. The highest BCUT2D eigenvalue weighted by Crippen LogP contribution is 2.46. The van der Waals surface area contributed by atoms with E-state index in [0.29, 0.717) is 10.2 Å². The van der Waals surface area contributed by atoms with Crippen LogP contribution in [0.25, 0.3) is 0 Å². The zero-order valence-corrected chi connectivity index (χ0v) is 15.7. The fraction of sp³-hybridized carbons (Fsp3) is 0.684. The topological polar surface area (TPSA) is 9.23 Å². The van der Waals surface area contributed by atoms with Crippen LogP contribution in [0.1, 0.15) is 62.4 Å². The largest absolute Gasteiger partial charge is 0.497 e. The molecule has 1 aliphatic rings. The first kappa shape index (κ1) is 16.9. The number of halogens is 1. The van der Waals surface area contributed by atoms with Crippen LogP contribution >= 0.6 is 15.9 Å². The van der Waals surface area contributed by atoms with Gasteiger partial charge in [0.25, 0.3) is 0 Å². The Kier molecular flexibility index (Phi) is 5.40. The van der Waals surface area contributed by atoms with Gasteiger partial charge >= 0.3 is 0 Å². The fourth-order valence-corrected chi connectivity index (χ4v) is 4.66. The molecule has 1 nitrogen and oxygen atoms in total. The van der Waals surface area contributed by atoms with Crippen molar-refractivity contribution >= 4 is 15.9 Å². The molecule has 1 aromatic rings. The number of ether oxygens (including phenoxy) is 1. The first-order valence-electron chi connectivity index (χ1n) is 8.11. The van der Waals surface area contributed by atoms with Gasteiger partial charge in [0.2, 0.25) is 0 Å². The van der Waals surface area contributed by atoms with Gasteiger partial charge in [0.1, 0.15) is 5.75 Å². The molecule has 1 aliphatic carbocycles. The van der Waals surface area contributed by atoms with Gasteiger partial charge in [0.15, 0.2) is 0 Å². The molecule has 118 valence electrons. The van der Waals surface area contributed by atoms with Gasteiger partial charge in [-0.3, -0.25) is 0 Å². The molecular weight excluding hydrogens is 324 g/mol. The summed E-state index contributed by atoms with van der Waals surface area (Å²) in [5, 5.41) is 0. The lowest BCUT2D eigenvalue weighted by molar-refractivity contribution is 0.149. The number of alkyl halides is 1. The fourth-order valence-electron chi connectivity index (χ4n) is 3.62. The second kappa shape index (κ2) is 6.73. The Morgan fingerprint density at radius 2 is 1.76 bits per heavy atom. The summed E-state index contributed by atoms with van der Waals surface area (Å²) in [4.78, 5) is 0.476. The average Bonchev–Trinajstić information content (AvgIpc) is 2.45. The Balaban J connectivity index is 2.03. The van der Waals surface area contributed by atoms with E-state index < -0.39 is 0 Å². The van der Waals surface area contributed by atoms with Crippen LogP contribution < -0.4 is 4.74 Å². The maximum absolute atomic E-state index is 5.31. The third kappa shape index (κ3) is 4.03. The highest BCUT2D eigenvalue weighted by molar-refractivity contribution is 9.09. The summed E-state index contributed by atoms with van der Waals surface area (Å²) in [6.07, 6.45) is 5.41. The Bertz CT molecular complexity index is 467. The van der Waals surface area contributed by atoms with Crippen LogP contribution in [0.15, 0.2) is 18.2 Å². The van der Waals surface area contributed by atoms with Crippen molar-refractivity contribution in [2.24, 2.45) is 17.3 Å². The van der Waals surface area contributed by atoms with E-state index in [9.17, 15) is 0 Å². The molecule has 0 heterocycles. The molecule has 21 heavy (non-hydrogen) atoms. The molecule has 1 atom stereocenters. The first-order chi connectivity index (χ1) is 9.82. The number of hydrogen-bond acceptors (Lipinski definition) is 1. The van der Waals surface area contributed by atoms with E-state index in [-0.39, 0.29) is 0 Å². The lowest BCUT2D eigenvalue weighted by atomic mass is 9.69. The highest BCUT2D eigenvalue weighted by atomic mass is 79.9. The van der Waals surface area contributed by atoms with E-state index in [2.05, 4.69) is 61.8 Å². The minimum Gasteiger partial charge on any atom is -0.497 e. The lowest BCUT2D eigenvalue weighted by Gasteiger charge is -2.38. The third-order valence-electron chi connectivity index (χ3n) is 5.18. The second-order valence-corrected chi connectivity index (χ2v) is 8.59. The van der Waals surface area contributed by atoms with Crippen LogP contribution in [0.2, 0.25) is 0 Å². The molecular formula is C19H29BrO. The molecule has 1 fully saturated rings. The molecule has 0 bridgehead atoms. The zero-order valence-electron chi connectivity index (χ0n) is 14.1. The van der Waals surface area contributed by atoms with Gasteiger partial charge in [0.05, 0.1) is 7.11 Å². The lowest BCUT2D eigenvalue weighted by Crippen LogP contribution is -2.27. The Labute approximate surface area is 138 Å². The summed E-state index contributed by atoms with van der Waals surface area (Å²) in [5.74, 6) is 2.59. The molecule has 0 spiro atoms. The van der Waals surface area contributed by atoms with E-state index in [1.54, 1.807) is 7.11 Å². The van der Waals surface area contributed by atoms with Crippen LogP contribution in [0.3, 0.4) is 0 Å². The van der Waals surface area contributed by atoms with E-state index in [1.807, 2.05) is 0 Å². The summed E-state index contributed by atoms with van der Waals surface area (Å²) in [7, 11) is 1.73. The summed E-state index contributed by atoms with van der Waals surface area (Å²) >= 11 is 3.97. The number of methoxy groups -OCH3 is 1. The van der Waals surface area contributed by atoms with Crippen molar-refractivity contribution in [2.45, 2.75) is 58.2 Å². The van der Waals surface area contributed by atoms with Crippen molar-refractivity contribution in [3.05, 3.63) is 29.3 Å². The number of aryl methyl sites for hydroxylation is 1. The van der Waals surface area contributed by atoms with Crippen LogP contribution in [-0.4, -0.2) is 7.11 Å². The van der Waals surface area contributed by atoms with Crippen molar-refractivity contribution < 1.29 is 4.74 Å². The van der Waals surface area contributed by atoms with Crippen molar-refractivity contribution in [3.8, 4) is 5.75 Å². The summed E-state index contributed by atoms with van der Waals surface area (Å²) in [6, 6.07) is 6.45. The molecule has 0 aromatic heterocycles. The average molecular weight is 353 g/mol. The van der Waals surface area contributed by atoms with Gasteiger partial charge < -0.3 is 4.74 Å². The van der Waals surface area contributed by atoms with Crippen LogP contribution in [-0.2, 0) is 0 Å². The standard InChI is InChI=1S/C19H29BrO/c1-13-12-16(21-5)10-11-17(13)18(20)14-6-8-15(9-7-14)19(2,3)4/h10-12,14-15,18H,6-9H2,1-5H3. The van der Waals surface area contributed by atoms with E-state index in [4.69, 9.17) is 4.74 Å². The van der Waals surface area contributed by atoms with Crippen LogP contribution in [0.4, 0.5) is 0 Å². The molecule has 1 saturated carbocycles. The zero-order chi connectivity index (χ0) is 15.6. The molecule has 1 aromatic carbocycles. The van der Waals surface area contributed by atoms with Gasteiger partial charge in [-0.1, -0.05) is 42.8 Å². The number of benzene rings is 1. The SMILES string of the molecule is COc1ccc(C(Br)C2CCC(C(C)(C)C)CC2)c(C)c1. The maximum atomic E-state index is 5.31. The van der Waals surface area contributed by atoms with Crippen molar-refractivity contribution in [1.29, 1.82) is 0 Å². The molecule has 2 rings (SSSR count). The number of rotatable bonds is 3. The molecule has 0 radical (unpaired) electrons. The van der Waals surface area contributed by atoms with E-state index in [1.165, 1.54) is 36.8 Å². The van der Waals surface area contributed by atoms with Crippen LogP contribution in [0, 0.1) is 24.2 Å². The normalized spacial score (nSPS) is 24.7. The van der Waals surface area contributed by atoms with Gasteiger partial charge in [-0.15, -0.1) is 0 Å². The van der Waals surface area contributed by atoms with Crippen molar-refractivity contribution in [2.75, 3.05) is 7.11 Å². The maximum Gasteiger partial charge on any atom is 0.119 e. The third-order valence-corrected chi connectivity index (χ3v) is 6.43. The van der Waals surface area contributed by atoms with Gasteiger partial charge in [-0.2, -0.15) is 0 Å². The van der Waals surface area contributed by atoms with Crippen molar-refractivity contribution in [1.82, 2.24) is 0 Å². The predicted molar refractivity (Wildman–Crippen MR) is 94.3 cm³/mol. The second-order valence-electron chi connectivity index (χ2n) is 7.60. The molecule has 0 aliphatic heterocycles. The summed E-state index contributed by atoms with van der Waals surface area (Å²) < 4.78 is 5.31. The smallest absolute Gasteiger partial charge is 0.119 e. The molecule has 0 N–H and O–H groups in total. The van der Waals surface area contributed by atoms with Crippen LogP contribution in [0.5, 0.6) is 5.75 Å². The minimum atomic E-state index is 0.461. The quantitative estimate of drug-likeness (QED) is 0.580.